The fourth-order valence-electron chi connectivity index (χ4n) is 4.08. The molecule has 1 aliphatic rings. The highest BCUT2D eigenvalue weighted by Crippen LogP contribution is 2.30. The summed E-state index contributed by atoms with van der Waals surface area (Å²) in [5.41, 5.74) is -2.37. The summed E-state index contributed by atoms with van der Waals surface area (Å²) in [5, 5.41) is 31.6. The van der Waals surface area contributed by atoms with Crippen LogP contribution in [0.5, 0.6) is 0 Å². The molecule has 3 atom stereocenters. The lowest BCUT2D eigenvalue weighted by Gasteiger charge is -2.12. The summed E-state index contributed by atoms with van der Waals surface area (Å²) in [4.78, 5) is 48.8. The molecule has 0 saturated heterocycles. The number of Topliss-reactive ketones (excluding diaryl/α,β-unsaturated/α-hetero) is 1. The Labute approximate surface area is 514 Å². The minimum atomic E-state index is -2.20. The van der Waals surface area contributed by atoms with E-state index in [4.69, 9.17) is 148 Å². The fourth-order valence-corrected chi connectivity index (χ4v) is 4.48. The number of aliphatic hydroxyl groups is 1. The van der Waals surface area contributed by atoms with Crippen molar-refractivity contribution in [2.24, 2.45) is 0 Å². The molecule has 0 spiro atoms. The lowest BCUT2D eigenvalue weighted by atomic mass is 10.0. The molecule has 4 aromatic carbocycles. The summed E-state index contributed by atoms with van der Waals surface area (Å²) in [5.74, 6) is -22.5. The van der Waals surface area contributed by atoms with Gasteiger partial charge in [-0.2, -0.15) is 0 Å². The van der Waals surface area contributed by atoms with Crippen molar-refractivity contribution in [3.8, 4) is 0 Å². The largest absolute Gasteiger partial charge is 0.643 e. The Morgan fingerprint density at radius 3 is 1.28 bits per heavy atom. The van der Waals surface area contributed by atoms with Crippen molar-refractivity contribution in [3.05, 3.63) is 164 Å². The lowest BCUT2D eigenvalue weighted by Crippen LogP contribution is -2.13. The molecule has 40 heteroatoms. The first-order chi connectivity index (χ1) is 37.0. The van der Waals surface area contributed by atoms with Crippen molar-refractivity contribution in [3.63, 3.8) is 0 Å². The molecular formula is C41H25AlCl13F15O10S. The molecule has 3 unspecified atom stereocenters. The minimum Gasteiger partial charge on any atom is -0.481 e. The highest BCUT2D eigenvalue weighted by molar-refractivity contribution is 8.26. The maximum absolute atomic E-state index is 12.9. The average molecular weight is 1480 g/mol. The molecule has 0 aromatic heterocycles. The third-order valence-electron chi connectivity index (χ3n) is 7.28. The number of aliphatic hydroxyl groups excluding tert-OH is 1. The van der Waals surface area contributed by atoms with Crippen molar-refractivity contribution in [2.45, 2.75) is 40.2 Å². The van der Waals surface area contributed by atoms with Crippen molar-refractivity contribution >= 4 is 194 Å². The van der Waals surface area contributed by atoms with E-state index in [1.807, 2.05) is 0 Å². The van der Waals surface area contributed by atoms with E-state index >= 15 is 0 Å². The number of aliphatic carboxylic acids is 3. The van der Waals surface area contributed by atoms with E-state index in [1.54, 1.807) is 0 Å². The zero-order valence-electron chi connectivity index (χ0n) is 38.1. The van der Waals surface area contributed by atoms with Gasteiger partial charge in [0.1, 0.15) is 34.9 Å². The molecule has 0 saturated carbocycles. The Morgan fingerprint density at radius 2 is 0.938 bits per heavy atom. The Hall–Kier alpha value is -2.53. The number of carboxylic acid groups (broad SMARTS) is 3. The maximum atomic E-state index is 12.9. The van der Waals surface area contributed by atoms with Crippen LogP contribution in [0, 0.1) is 69.8 Å². The van der Waals surface area contributed by atoms with Crippen LogP contribution in [0.1, 0.15) is 45.8 Å². The smallest absolute Gasteiger partial charge is 0.481 e. The van der Waals surface area contributed by atoms with E-state index in [1.165, 1.54) is 0 Å². The van der Waals surface area contributed by atoms with E-state index in [0.717, 1.165) is 12.1 Å². The minimum absolute atomic E-state index is 0.177. The van der Waals surface area contributed by atoms with E-state index in [2.05, 4.69) is 21.4 Å². The predicted molar refractivity (Wildman–Crippen MR) is 279 cm³/mol. The molecule has 4 aromatic rings. The van der Waals surface area contributed by atoms with Crippen molar-refractivity contribution in [1.29, 1.82) is 0 Å². The second kappa shape index (κ2) is 44.9. The van der Waals surface area contributed by atoms with E-state index < -0.39 is 188 Å². The van der Waals surface area contributed by atoms with Crippen LogP contribution in [0.15, 0.2) is 77.9 Å². The molecule has 0 heterocycles. The van der Waals surface area contributed by atoms with Gasteiger partial charge >= 0.3 is 29.3 Å². The van der Waals surface area contributed by atoms with Gasteiger partial charge in [0, 0.05) is 63.2 Å². The van der Waals surface area contributed by atoms with Gasteiger partial charge in [0.2, 0.25) is 9.23 Å². The van der Waals surface area contributed by atoms with Crippen molar-refractivity contribution in [1.82, 2.24) is 0 Å². The third kappa shape index (κ3) is 38.9. The number of rotatable bonds is 9. The van der Waals surface area contributed by atoms with Gasteiger partial charge in [-0.15, -0.1) is 34.8 Å². The lowest BCUT2D eigenvalue weighted by molar-refractivity contribution is -0.147. The predicted octanol–water partition coefficient (Wildman–Crippen LogP) is 16.9. The number of carbonyl (C=O) groups excluding carboxylic acids is 2. The van der Waals surface area contributed by atoms with E-state index in [0.29, 0.717) is 30.3 Å². The van der Waals surface area contributed by atoms with Crippen LogP contribution in [-0.2, 0) is 28.4 Å². The number of hydrogen-bond acceptors (Lipinski definition) is 7. The molecular weight excluding hydrogens is 1460 g/mol. The van der Waals surface area contributed by atoms with Gasteiger partial charge in [-0.3, -0.25) is 19.2 Å². The molecule has 0 radical (unpaired) electrons. The maximum Gasteiger partial charge on any atom is 0.643 e. The number of carbonyl (C=O) groups is 5. The zero-order chi connectivity index (χ0) is 64.5. The number of carboxylic acids is 3. The topological polar surface area (TPSA) is 183 Å². The summed E-state index contributed by atoms with van der Waals surface area (Å²) >= 11 is 37.9. The van der Waals surface area contributed by atoms with Gasteiger partial charge in [0.25, 0.3) is 5.24 Å². The molecule has 454 valence electrons. The van der Waals surface area contributed by atoms with Gasteiger partial charge < -0.3 is 20.4 Å². The van der Waals surface area contributed by atoms with Gasteiger partial charge in [-0.1, -0.05) is 46.4 Å². The first-order valence-electron chi connectivity index (χ1n) is 19.0. The summed E-state index contributed by atoms with van der Waals surface area (Å²) < 4.78 is 196. The average Bonchev–Trinajstić information content (AvgIpc) is 3.33. The Balaban J connectivity index is -0.000000429. The highest BCUT2D eigenvalue weighted by Gasteiger charge is 2.26. The SMILES string of the molecule is ClCCl.Fc1ccc(F)c(F)c1.O=C(Cl)C(Cl)Cl.O=C(O)C(Cl)c1cc(F)c(F)cc1F.O=C(O)C(O)c1cc(F)c(F)cc1F.O=C(O)CC1=C(F)CC(F)C(F)=C1.O=C(c1cc(F)c(F)cc1F)C(Cl)Cl.O=S(Cl)Cl.[Cl][Al]([Cl])[Cl]. The number of hydrogen-bond donors (Lipinski definition) is 4. The Morgan fingerprint density at radius 1 is 0.580 bits per heavy atom. The van der Waals surface area contributed by atoms with Gasteiger partial charge in [-0.25, -0.2) is 105 Å². The molecule has 0 amide bonds. The van der Waals surface area contributed by atoms with Gasteiger partial charge in [0.05, 0.1) is 17.3 Å². The number of alkyl halides is 8. The van der Waals surface area contributed by atoms with Gasteiger partial charge in [-0.05, 0) is 53.6 Å². The van der Waals surface area contributed by atoms with Crippen LogP contribution >= 0.6 is 144 Å². The number of allylic oxidation sites excluding steroid dienone is 3. The quantitative estimate of drug-likeness (QED) is 0.0314. The molecule has 0 aliphatic heterocycles. The number of benzene rings is 4. The van der Waals surface area contributed by atoms with Crippen LogP contribution < -0.4 is 0 Å². The third-order valence-corrected chi connectivity index (χ3v) is 8.94. The van der Waals surface area contributed by atoms with Crippen LogP contribution in [-0.4, -0.2) is 86.1 Å². The first-order valence-corrected chi connectivity index (χ1v) is 30.7. The first kappa shape index (κ1) is 84.9. The number of halogens is 28. The van der Waals surface area contributed by atoms with Crippen molar-refractivity contribution < 1.29 is 114 Å². The summed E-state index contributed by atoms with van der Waals surface area (Å²) in [6.45, 7) is 0. The van der Waals surface area contributed by atoms with E-state index in [9.17, 15) is 89.8 Å². The second-order valence-electron chi connectivity index (χ2n) is 12.8. The molecule has 81 heavy (non-hydrogen) atoms. The van der Waals surface area contributed by atoms with Gasteiger partial charge in [0.15, 0.2) is 79.6 Å². The molecule has 0 bridgehead atoms. The monoisotopic (exact) mass is 1480 g/mol. The second-order valence-corrected chi connectivity index (χ2v) is 25.6. The standard InChI is InChI=1S/C8H3Cl2F3O.C8H4ClF3O2.C8H5F3O3.C8H7F3O2.C6H3F3.C2HCl3O.CH2Cl2.Al.Cl2OS.3ClH/c9-8(10)7(14)3-1-5(12)6(13)2-4(3)11;9-7(8(13)14)3-1-5(11)6(12)2-4(3)10;9-4-2-6(11)5(10)1-3(4)7(12)8(13)14;9-5-3-7(11)6(10)1-4(5)2-8(12)13;7-4-1-2-5(8)6(9)3-4;3-1(4)2(5)6;2-1-3;;1-4(2)3;;;/h1-2,8H;1-2,7H,(H,13,14);1-2,7,12H,(H,13,14);1,7H,2-3H2,(H,12,13);1-3H;1H;1H2;;;3*1H/q;;;;;;;+3;;;;/p-3. The highest BCUT2D eigenvalue weighted by atomic mass is 36.0. The number of ketones is 1. The normalized spacial score (nSPS) is 12.6. The molecule has 4 N–H and O–H groups in total. The molecule has 5 rings (SSSR count). The summed E-state index contributed by atoms with van der Waals surface area (Å²) in [6.07, 6.45) is -4.89. The Bertz CT molecular complexity index is 2720. The molecule has 1 aliphatic carbocycles. The molecule has 0 fully saturated rings. The van der Waals surface area contributed by atoms with Crippen LogP contribution in [0.4, 0.5) is 65.9 Å². The zero-order valence-corrected chi connectivity index (χ0v) is 49.9. The fraction of sp³-hybridized carbons (Fsp3) is 0.195. The van der Waals surface area contributed by atoms with Crippen molar-refractivity contribution in [2.75, 3.05) is 5.34 Å². The van der Waals surface area contributed by atoms with E-state index in [-0.39, 0.29) is 29.1 Å². The van der Waals surface area contributed by atoms with Crippen LogP contribution in [0.2, 0.25) is 0 Å². The Kier molecular flexibility index (Phi) is 47.1. The summed E-state index contributed by atoms with van der Waals surface area (Å²) in [6, 6.07) is 3.95. The van der Waals surface area contributed by atoms with Crippen LogP contribution in [0.25, 0.3) is 0 Å². The van der Waals surface area contributed by atoms with Crippen LogP contribution in [0.3, 0.4) is 0 Å². The molecule has 10 nitrogen and oxygen atoms in total. The summed E-state index contributed by atoms with van der Waals surface area (Å²) in [7, 11) is 22.2.